The summed E-state index contributed by atoms with van der Waals surface area (Å²) in [6.45, 7) is 2.71. The minimum atomic E-state index is -4.74. The lowest BCUT2D eigenvalue weighted by Gasteiger charge is -2.20. The van der Waals surface area contributed by atoms with Crippen molar-refractivity contribution in [2.75, 3.05) is 19.8 Å². The van der Waals surface area contributed by atoms with Gasteiger partial charge >= 0.3 is 25.7 Å². The fraction of sp³-hybridized carbons (Fsp3) is 0.795. The highest BCUT2D eigenvalue weighted by Gasteiger charge is 2.36. The molecular weight excluding hydrogens is 749 g/mol. The summed E-state index contributed by atoms with van der Waals surface area (Å²) < 4.78 is 38.4. The molecule has 0 aromatic rings. The van der Waals surface area contributed by atoms with E-state index >= 15 is 0 Å². The smallest absolute Gasteiger partial charge is 0.472 e. The first-order valence-electron chi connectivity index (χ1n) is 22.1. The monoisotopic (exact) mass is 828 g/mol. The first kappa shape index (κ1) is 52.7. The Balaban J connectivity index is 2.33. The molecule has 4 N–H and O–H groups in total. The predicted octanol–water partition coefficient (Wildman–Crippen LogP) is 10.6. The molecule has 5 atom stereocenters. The van der Waals surface area contributed by atoms with Gasteiger partial charge in [0, 0.05) is 12.8 Å². The molecule has 1 heterocycles. The van der Waals surface area contributed by atoms with Crippen molar-refractivity contribution >= 4 is 25.7 Å². The second-order valence-corrected chi connectivity index (χ2v) is 16.7. The van der Waals surface area contributed by atoms with E-state index in [-0.39, 0.29) is 31.7 Å². The lowest BCUT2D eigenvalue weighted by Crippen LogP contribution is -2.34. The molecule has 1 fully saturated rings. The van der Waals surface area contributed by atoms with E-state index in [0.29, 0.717) is 19.3 Å². The second kappa shape index (κ2) is 35.6. The van der Waals surface area contributed by atoms with Crippen LogP contribution < -0.4 is 5.73 Å². The standard InChI is InChI=1S/C44H78NO11P/c1-3-5-7-9-11-13-14-15-16-17-18-20-22-24-29-33-42(46)52-35-38(36-53-57(50,51)54-37-39(45)44(48)49)55-43(47)34-30-26-25-28-32-41-40(56-41)31-27-23-21-19-12-10-8-6-4-2/h12,19,23,25,27-28,38-41H,3-11,13-18,20-22,24,26,29-37,45H2,1-2H3,(H,48,49)(H,50,51)/b19-12-,27-23-,28-25-/t38-,39+,40?,41?/m1/s1. The normalized spacial score (nSPS) is 17.6. The van der Waals surface area contributed by atoms with Gasteiger partial charge in [-0.15, -0.1) is 0 Å². The van der Waals surface area contributed by atoms with Crippen LogP contribution in [0.4, 0.5) is 0 Å². The fourth-order valence-corrected chi connectivity index (χ4v) is 6.94. The van der Waals surface area contributed by atoms with Crippen molar-refractivity contribution in [3.05, 3.63) is 36.5 Å². The summed E-state index contributed by atoms with van der Waals surface area (Å²) in [5, 5.41) is 8.89. The number of aliphatic carboxylic acids is 1. The minimum absolute atomic E-state index is 0.0784. The third-order valence-corrected chi connectivity index (χ3v) is 10.7. The van der Waals surface area contributed by atoms with Gasteiger partial charge in [-0.05, 0) is 51.4 Å². The third-order valence-electron chi connectivity index (χ3n) is 9.79. The molecule has 0 aliphatic carbocycles. The molecule has 0 spiro atoms. The van der Waals surface area contributed by atoms with Gasteiger partial charge in [-0.1, -0.05) is 153 Å². The van der Waals surface area contributed by atoms with Crippen LogP contribution in [0.15, 0.2) is 36.5 Å². The molecule has 0 bridgehead atoms. The van der Waals surface area contributed by atoms with Crippen LogP contribution in [0.2, 0.25) is 0 Å². The highest BCUT2D eigenvalue weighted by molar-refractivity contribution is 7.47. The molecule has 0 aromatic carbocycles. The SMILES string of the molecule is CCCCC/C=C\C/C=C\CC1OC1C/C=C\CCCC(=O)O[C@H](COC(=O)CCCCCCCCCCCCCCCCC)COP(=O)(O)OC[C@H](N)C(=O)O. The Labute approximate surface area is 344 Å². The van der Waals surface area contributed by atoms with Gasteiger partial charge in [0.2, 0.25) is 0 Å². The zero-order valence-electron chi connectivity index (χ0n) is 35.4. The van der Waals surface area contributed by atoms with Crippen LogP contribution in [-0.4, -0.2) is 72.1 Å². The van der Waals surface area contributed by atoms with Crippen molar-refractivity contribution in [3.63, 3.8) is 0 Å². The number of nitrogens with two attached hydrogens (primary N) is 1. The Hall–Kier alpha value is -2.34. The number of epoxide rings is 1. The largest absolute Gasteiger partial charge is 0.480 e. The van der Waals surface area contributed by atoms with Gasteiger partial charge in [0.1, 0.15) is 12.6 Å². The van der Waals surface area contributed by atoms with Crippen molar-refractivity contribution in [2.24, 2.45) is 5.73 Å². The molecule has 12 nitrogen and oxygen atoms in total. The molecule has 57 heavy (non-hydrogen) atoms. The number of phosphoric ester groups is 1. The van der Waals surface area contributed by atoms with Gasteiger partial charge in [0.25, 0.3) is 0 Å². The van der Waals surface area contributed by atoms with E-state index in [4.69, 9.17) is 29.6 Å². The predicted molar refractivity (Wildman–Crippen MR) is 226 cm³/mol. The number of carboxylic acids is 1. The van der Waals surface area contributed by atoms with E-state index in [1.54, 1.807) is 0 Å². The van der Waals surface area contributed by atoms with Gasteiger partial charge in [-0.3, -0.25) is 23.4 Å². The first-order valence-corrected chi connectivity index (χ1v) is 23.6. The van der Waals surface area contributed by atoms with E-state index in [9.17, 15) is 23.8 Å². The van der Waals surface area contributed by atoms with Gasteiger partial charge in [-0.2, -0.15) is 0 Å². The van der Waals surface area contributed by atoms with Gasteiger partial charge < -0.3 is 29.9 Å². The molecule has 1 rings (SSSR count). The number of carboxylic acid groups (broad SMARTS) is 1. The lowest BCUT2D eigenvalue weighted by molar-refractivity contribution is -0.161. The van der Waals surface area contributed by atoms with Crippen molar-refractivity contribution in [1.29, 1.82) is 0 Å². The number of hydrogen-bond acceptors (Lipinski definition) is 10. The van der Waals surface area contributed by atoms with Crippen LogP contribution in [0.1, 0.15) is 181 Å². The maximum atomic E-state index is 12.6. The first-order chi connectivity index (χ1) is 27.6. The number of rotatable bonds is 40. The number of carbonyl (C=O) groups is 3. The molecule has 0 aromatic heterocycles. The van der Waals surface area contributed by atoms with E-state index in [0.717, 1.165) is 44.9 Å². The topological polar surface area (TPSA) is 184 Å². The maximum Gasteiger partial charge on any atom is 0.472 e. The number of hydrogen-bond donors (Lipinski definition) is 3. The molecule has 13 heteroatoms. The lowest BCUT2D eigenvalue weighted by atomic mass is 10.0. The van der Waals surface area contributed by atoms with Crippen LogP contribution in [0, 0.1) is 0 Å². The Morgan fingerprint density at radius 1 is 0.632 bits per heavy atom. The molecule has 1 aliphatic heterocycles. The Kier molecular flexibility index (Phi) is 32.9. The molecular formula is C44H78NO11P. The van der Waals surface area contributed by atoms with E-state index in [1.807, 2.05) is 6.08 Å². The minimum Gasteiger partial charge on any atom is -0.480 e. The number of esters is 2. The molecule has 1 aliphatic rings. The van der Waals surface area contributed by atoms with Gasteiger partial charge in [0.05, 0.1) is 25.4 Å². The zero-order valence-corrected chi connectivity index (χ0v) is 36.3. The van der Waals surface area contributed by atoms with E-state index in [1.165, 1.54) is 89.9 Å². The van der Waals surface area contributed by atoms with Crippen LogP contribution >= 0.6 is 7.82 Å². The van der Waals surface area contributed by atoms with Gasteiger partial charge in [-0.25, -0.2) is 4.57 Å². The van der Waals surface area contributed by atoms with Crippen LogP contribution in [0.3, 0.4) is 0 Å². The highest BCUT2D eigenvalue weighted by atomic mass is 31.2. The molecule has 1 saturated heterocycles. The molecule has 330 valence electrons. The van der Waals surface area contributed by atoms with Crippen molar-refractivity contribution < 1.29 is 52.2 Å². The Bertz CT molecular complexity index is 1180. The maximum absolute atomic E-state index is 12.6. The second-order valence-electron chi connectivity index (χ2n) is 15.2. The van der Waals surface area contributed by atoms with E-state index < -0.39 is 51.1 Å². The summed E-state index contributed by atoms with van der Waals surface area (Å²) in [6, 6.07) is -1.53. The molecule has 0 saturated carbocycles. The molecule has 0 radical (unpaired) electrons. The van der Waals surface area contributed by atoms with Gasteiger partial charge in [0.15, 0.2) is 6.10 Å². The quantitative estimate of drug-likeness (QED) is 0.0175. The summed E-state index contributed by atoms with van der Waals surface area (Å²) in [5.74, 6) is -2.46. The Morgan fingerprint density at radius 3 is 1.70 bits per heavy atom. The number of phosphoric acid groups is 1. The Morgan fingerprint density at radius 2 is 1.11 bits per heavy atom. The highest BCUT2D eigenvalue weighted by Crippen LogP contribution is 2.43. The summed E-state index contributed by atoms with van der Waals surface area (Å²) >= 11 is 0. The zero-order chi connectivity index (χ0) is 41.8. The van der Waals surface area contributed by atoms with Crippen LogP contribution in [0.5, 0.6) is 0 Å². The number of carbonyl (C=O) groups excluding carboxylic acids is 2. The summed E-state index contributed by atoms with van der Waals surface area (Å²) in [5.41, 5.74) is 5.33. The van der Waals surface area contributed by atoms with Crippen LogP contribution in [0.25, 0.3) is 0 Å². The average Bonchev–Trinajstić information content (AvgIpc) is 3.94. The van der Waals surface area contributed by atoms with E-state index in [2.05, 4.69) is 48.8 Å². The fourth-order valence-electron chi connectivity index (χ4n) is 6.16. The number of ether oxygens (including phenoxy) is 3. The van der Waals surface area contributed by atoms with Crippen molar-refractivity contribution in [1.82, 2.24) is 0 Å². The number of unbranched alkanes of at least 4 members (excludes halogenated alkanes) is 18. The molecule has 0 amide bonds. The average molecular weight is 828 g/mol. The van der Waals surface area contributed by atoms with Crippen molar-refractivity contribution in [2.45, 2.75) is 205 Å². The van der Waals surface area contributed by atoms with Crippen molar-refractivity contribution in [3.8, 4) is 0 Å². The summed E-state index contributed by atoms with van der Waals surface area (Å²) in [6.07, 6.45) is 39.5. The summed E-state index contributed by atoms with van der Waals surface area (Å²) in [7, 11) is -4.74. The summed E-state index contributed by atoms with van der Waals surface area (Å²) in [4.78, 5) is 46.0. The number of allylic oxidation sites excluding steroid dienone is 4. The third kappa shape index (κ3) is 33.2. The molecule has 3 unspecified atom stereocenters. The van der Waals surface area contributed by atoms with Crippen LogP contribution in [-0.2, 0) is 42.2 Å².